The van der Waals surface area contributed by atoms with E-state index in [1.807, 2.05) is 0 Å². The molecule has 1 aromatic rings. The molecule has 0 radical (unpaired) electrons. The molecule has 0 saturated heterocycles. The average molecular weight is 201 g/mol. The molecule has 0 aliphatic carbocycles. The molecule has 0 unspecified atom stereocenters. The molecule has 1 aromatic heterocycles. The first-order chi connectivity index (χ1) is 6.77. The maximum Gasteiger partial charge on any atom is 0.380 e. The van der Waals surface area contributed by atoms with Gasteiger partial charge in [0.15, 0.2) is 0 Å². The van der Waals surface area contributed by atoms with Gasteiger partial charge in [-0.05, 0) is 12.1 Å². The van der Waals surface area contributed by atoms with E-state index < -0.39 is 5.97 Å². The van der Waals surface area contributed by atoms with Crippen LogP contribution in [-0.2, 0) is 16.1 Å². The van der Waals surface area contributed by atoms with Crippen LogP contribution in [0.1, 0.15) is 17.5 Å². The molecule has 0 aliphatic heterocycles. The number of carbonyl (C=O) groups excluding carboxylic acids is 1. The number of nitrogens with two attached hydrogens (primary N) is 1. The number of carbonyl (C=O) groups is 1. The molecule has 78 valence electrons. The summed E-state index contributed by atoms with van der Waals surface area (Å²) in [5.74, 6) is 4.15. The van der Waals surface area contributed by atoms with Gasteiger partial charge >= 0.3 is 5.97 Å². The van der Waals surface area contributed by atoms with Crippen molar-refractivity contribution >= 4 is 5.97 Å². The van der Waals surface area contributed by atoms with Gasteiger partial charge < -0.3 is 9.57 Å². The van der Waals surface area contributed by atoms with Crippen molar-refractivity contribution in [2.24, 2.45) is 5.90 Å². The molecule has 0 saturated carbocycles. The van der Waals surface area contributed by atoms with E-state index >= 15 is 0 Å². The summed E-state index contributed by atoms with van der Waals surface area (Å²) in [6.45, 7) is 2.56. The normalized spacial score (nSPS) is 10.1. The first-order valence-corrected chi connectivity index (χ1v) is 4.04. The van der Waals surface area contributed by atoms with E-state index in [-0.39, 0.29) is 19.0 Å². The maximum atomic E-state index is 11.1. The van der Waals surface area contributed by atoms with Crippen molar-refractivity contribution < 1.29 is 14.4 Å². The van der Waals surface area contributed by atoms with E-state index in [2.05, 4.69) is 25.0 Å². The highest BCUT2D eigenvalue weighted by molar-refractivity contribution is 5.84. The molecule has 0 amide bonds. The van der Waals surface area contributed by atoms with E-state index in [4.69, 9.17) is 5.90 Å². The number of hydrogen-bond donors (Lipinski definition) is 1. The molecule has 0 spiro atoms. The highest BCUT2D eigenvalue weighted by Crippen LogP contribution is 1.90. The lowest BCUT2D eigenvalue weighted by Gasteiger charge is -1.95. The summed E-state index contributed by atoms with van der Waals surface area (Å²) in [5, 5.41) is 10.8. The first kappa shape index (κ1) is 10.5. The summed E-state index contributed by atoms with van der Waals surface area (Å²) in [7, 11) is 0. The monoisotopic (exact) mass is 201 g/mol. The van der Waals surface area contributed by atoms with Gasteiger partial charge in [0.05, 0.1) is 19.8 Å². The Morgan fingerprint density at radius 2 is 2.43 bits per heavy atom. The summed E-state index contributed by atoms with van der Waals surface area (Å²) < 4.78 is 4.67. The summed E-state index contributed by atoms with van der Waals surface area (Å²) >= 11 is 0. The zero-order chi connectivity index (χ0) is 10.4. The number of ether oxygens (including phenoxy) is 1. The van der Waals surface area contributed by atoms with Crippen LogP contribution in [0.4, 0.5) is 0 Å². The summed E-state index contributed by atoms with van der Waals surface area (Å²) in [4.78, 5) is 16.6. The second kappa shape index (κ2) is 5.25. The lowest BCUT2D eigenvalue weighted by molar-refractivity contribution is 0.0511. The van der Waals surface area contributed by atoms with Crippen LogP contribution in [0.3, 0.4) is 0 Å². The number of tetrazole rings is 1. The molecule has 1 rings (SSSR count). The maximum absolute atomic E-state index is 11.1. The van der Waals surface area contributed by atoms with Crippen LogP contribution in [0, 0.1) is 0 Å². The Morgan fingerprint density at radius 3 is 3.07 bits per heavy atom. The van der Waals surface area contributed by atoms with Crippen LogP contribution in [0.25, 0.3) is 0 Å². The van der Waals surface area contributed by atoms with Gasteiger partial charge in [-0.25, -0.2) is 10.7 Å². The summed E-state index contributed by atoms with van der Waals surface area (Å²) in [6.07, 6.45) is 0. The van der Waals surface area contributed by atoms with Crippen molar-refractivity contribution in [3.63, 3.8) is 0 Å². The molecular formula is C6H11N5O3. The minimum absolute atomic E-state index is 0.0659. The van der Waals surface area contributed by atoms with Gasteiger partial charge in [-0.1, -0.05) is 0 Å². The first-order valence-electron chi connectivity index (χ1n) is 4.04. The standard InChI is InChI=1S/C6H11N5O3/c1-2-13-6(12)5-8-10-11(9-5)3-4-14-7/h2-4,7H2,1H3. The van der Waals surface area contributed by atoms with E-state index in [0.29, 0.717) is 6.54 Å². The van der Waals surface area contributed by atoms with E-state index in [1.54, 1.807) is 6.92 Å². The second-order valence-corrected chi connectivity index (χ2v) is 2.30. The van der Waals surface area contributed by atoms with E-state index in [1.165, 1.54) is 4.80 Å². The van der Waals surface area contributed by atoms with Crippen LogP contribution in [-0.4, -0.2) is 39.4 Å². The fourth-order valence-corrected chi connectivity index (χ4v) is 0.750. The van der Waals surface area contributed by atoms with Crippen molar-refractivity contribution in [3.8, 4) is 0 Å². The van der Waals surface area contributed by atoms with Crippen molar-refractivity contribution in [2.45, 2.75) is 13.5 Å². The Kier molecular flexibility index (Phi) is 3.95. The second-order valence-electron chi connectivity index (χ2n) is 2.30. The third-order valence-corrected chi connectivity index (χ3v) is 1.32. The molecule has 0 fully saturated rings. The Morgan fingerprint density at radius 1 is 1.64 bits per heavy atom. The van der Waals surface area contributed by atoms with Crippen LogP contribution in [0.2, 0.25) is 0 Å². The molecular weight excluding hydrogens is 190 g/mol. The number of nitrogens with zero attached hydrogens (tertiary/aromatic N) is 4. The fraction of sp³-hybridized carbons (Fsp3) is 0.667. The van der Waals surface area contributed by atoms with Crippen LogP contribution in [0.5, 0.6) is 0 Å². The number of aromatic nitrogens is 4. The van der Waals surface area contributed by atoms with Gasteiger partial charge in [0.1, 0.15) is 0 Å². The predicted octanol–water partition coefficient (Wildman–Crippen LogP) is -1.26. The highest BCUT2D eigenvalue weighted by atomic mass is 16.6. The highest BCUT2D eigenvalue weighted by Gasteiger charge is 2.13. The van der Waals surface area contributed by atoms with Crippen LogP contribution >= 0.6 is 0 Å². The van der Waals surface area contributed by atoms with Crippen LogP contribution < -0.4 is 5.90 Å². The summed E-state index contributed by atoms with van der Waals surface area (Å²) in [6, 6.07) is 0. The SMILES string of the molecule is CCOC(=O)c1nnn(CCON)n1. The molecule has 8 nitrogen and oxygen atoms in total. The number of hydrogen-bond acceptors (Lipinski definition) is 7. The molecule has 0 aromatic carbocycles. The zero-order valence-corrected chi connectivity index (χ0v) is 7.71. The van der Waals surface area contributed by atoms with Gasteiger partial charge in [-0.2, -0.15) is 4.80 Å². The van der Waals surface area contributed by atoms with E-state index in [9.17, 15) is 4.79 Å². The predicted molar refractivity (Wildman–Crippen MR) is 43.9 cm³/mol. The minimum Gasteiger partial charge on any atom is -0.460 e. The molecule has 0 bridgehead atoms. The Hall–Kier alpha value is -1.54. The van der Waals surface area contributed by atoms with Crippen molar-refractivity contribution in [1.82, 2.24) is 20.2 Å². The topological polar surface area (TPSA) is 105 Å². The molecule has 0 atom stereocenters. The van der Waals surface area contributed by atoms with Crippen molar-refractivity contribution in [3.05, 3.63) is 5.82 Å². The van der Waals surface area contributed by atoms with Gasteiger partial charge in [-0.15, -0.1) is 10.2 Å². The summed E-state index contributed by atoms with van der Waals surface area (Å²) in [5.41, 5.74) is 0. The molecule has 2 N–H and O–H groups in total. The third kappa shape index (κ3) is 2.75. The van der Waals surface area contributed by atoms with Gasteiger partial charge in [0.25, 0.3) is 5.82 Å². The molecule has 14 heavy (non-hydrogen) atoms. The third-order valence-electron chi connectivity index (χ3n) is 1.32. The van der Waals surface area contributed by atoms with Gasteiger partial charge in [-0.3, -0.25) is 0 Å². The molecule has 8 heteroatoms. The Labute approximate surface area is 79.9 Å². The lowest BCUT2D eigenvalue weighted by Crippen LogP contribution is -2.13. The van der Waals surface area contributed by atoms with Crippen LogP contribution in [0.15, 0.2) is 0 Å². The number of rotatable bonds is 5. The van der Waals surface area contributed by atoms with Crippen molar-refractivity contribution in [2.75, 3.05) is 13.2 Å². The average Bonchev–Trinajstić information content (AvgIpc) is 2.63. The Bertz CT molecular complexity index is 299. The lowest BCUT2D eigenvalue weighted by atomic mass is 10.6. The van der Waals surface area contributed by atoms with Gasteiger partial charge in [0.2, 0.25) is 0 Å². The van der Waals surface area contributed by atoms with Gasteiger partial charge in [0, 0.05) is 0 Å². The minimum atomic E-state index is -0.590. The fourth-order valence-electron chi connectivity index (χ4n) is 0.750. The molecule has 1 heterocycles. The number of esters is 1. The zero-order valence-electron chi connectivity index (χ0n) is 7.71. The largest absolute Gasteiger partial charge is 0.460 e. The van der Waals surface area contributed by atoms with Crippen molar-refractivity contribution in [1.29, 1.82) is 0 Å². The molecule has 0 aliphatic rings. The van der Waals surface area contributed by atoms with E-state index in [0.717, 1.165) is 0 Å². The Balaban J connectivity index is 2.54. The quantitative estimate of drug-likeness (QED) is 0.468. The smallest absolute Gasteiger partial charge is 0.380 e.